The molecule has 0 aromatic carbocycles. The van der Waals surface area contributed by atoms with Gasteiger partial charge >= 0.3 is 5.97 Å². The second-order valence-electron chi connectivity index (χ2n) is 4.93. The Labute approximate surface area is 143 Å². The summed E-state index contributed by atoms with van der Waals surface area (Å²) in [6.45, 7) is 4.03. The molecule has 7 heteroatoms. The molecule has 122 valence electrons. The molecule has 3 aromatic rings. The molecule has 3 aromatic heterocycles. The molecule has 3 rings (SSSR count). The Kier molecular flexibility index (Phi) is 4.81. The predicted molar refractivity (Wildman–Crippen MR) is 93.6 cm³/mol. The van der Waals surface area contributed by atoms with Gasteiger partial charge in [-0.2, -0.15) is 0 Å². The molecule has 0 amide bonds. The maximum Gasteiger partial charge on any atom is 0.350 e. The Morgan fingerprint density at radius 3 is 2.75 bits per heavy atom. The number of aromatic nitrogens is 3. The first-order chi connectivity index (χ1) is 11.7. The van der Waals surface area contributed by atoms with Gasteiger partial charge in [0.15, 0.2) is 5.13 Å². The molecule has 6 nitrogen and oxygen atoms in total. The van der Waals surface area contributed by atoms with Crippen molar-refractivity contribution in [3.05, 3.63) is 53.2 Å². The summed E-state index contributed by atoms with van der Waals surface area (Å²) in [5.41, 5.74) is 2.13. The van der Waals surface area contributed by atoms with Crippen LogP contribution in [-0.4, -0.2) is 27.5 Å². The van der Waals surface area contributed by atoms with Crippen LogP contribution in [0.15, 0.2) is 42.7 Å². The van der Waals surface area contributed by atoms with Gasteiger partial charge in [0.05, 0.1) is 12.3 Å². The fourth-order valence-corrected chi connectivity index (χ4v) is 2.97. The second-order valence-corrected chi connectivity index (χ2v) is 5.93. The van der Waals surface area contributed by atoms with Crippen LogP contribution in [0.2, 0.25) is 0 Å². The number of pyridine rings is 2. The molecule has 0 saturated heterocycles. The van der Waals surface area contributed by atoms with Crippen molar-refractivity contribution in [2.75, 3.05) is 11.9 Å². The third kappa shape index (κ3) is 3.41. The van der Waals surface area contributed by atoms with Crippen LogP contribution in [0.25, 0.3) is 11.4 Å². The highest BCUT2D eigenvalue weighted by Gasteiger charge is 2.21. The highest BCUT2D eigenvalue weighted by atomic mass is 32.1. The van der Waals surface area contributed by atoms with Crippen LogP contribution in [0.3, 0.4) is 0 Å². The number of carbonyl (C=O) groups is 1. The molecular weight excluding hydrogens is 324 g/mol. The van der Waals surface area contributed by atoms with E-state index in [1.54, 1.807) is 19.3 Å². The first-order valence-electron chi connectivity index (χ1n) is 7.47. The standard InChI is InChI=1S/C17H16N4O2S/c1-3-23-16(22)14-13(12-8-4-5-9-18-12)20-17(24-14)21-15-11(2)7-6-10-19-15/h4-10H,3H2,1-2H3,(H,19,20,21). The minimum absolute atomic E-state index is 0.306. The van der Waals surface area contributed by atoms with Gasteiger partial charge in [0, 0.05) is 12.4 Å². The van der Waals surface area contributed by atoms with Crippen molar-refractivity contribution in [2.45, 2.75) is 13.8 Å². The van der Waals surface area contributed by atoms with E-state index in [4.69, 9.17) is 4.74 Å². The van der Waals surface area contributed by atoms with Crippen LogP contribution >= 0.6 is 11.3 Å². The van der Waals surface area contributed by atoms with E-state index in [1.807, 2.05) is 37.3 Å². The van der Waals surface area contributed by atoms with Crippen LogP contribution in [0.4, 0.5) is 10.9 Å². The van der Waals surface area contributed by atoms with E-state index >= 15 is 0 Å². The summed E-state index contributed by atoms with van der Waals surface area (Å²) in [5.74, 6) is 0.302. The van der Waals surface area contributed by atoms with Crippen molar-refractivity contribution >= 4 is 28.3 Å². The van der Waals surface area contributed by atoms with Gasteiger partial charge in [0.25, 0.3) is 0 Å². The van der Waals surface area contributed by atoms with Crippen molar-refractivity contribution in [1.82, 2.24) is 15.0 Å². The number of esters is 1. The summed E-state index contributed by atoms with van der Waals surface area (Å²) >= 11 is 1.23. The van der Waals surface area contributed by atoms with E-state index in [1.165, 1.54) is 11.3 Å². The number of anilines is 2. The number of thiazole rings is 1. The molecule has 0 radical (unpaired) electrons. The van der Waals surface area contributed by atoms with Crippen molar-refractivity contribution in [3.8, 4) is 11.4 Å². The molecule has 1 N–H and O–H groups in total. The molecule has 0 aliphatic heterocycles. The average molecular weight is 340 g/mol. The molecule has 24 heavy (non-hydrogen) atoms. The number of nitrogens with zero attached hydrogens (tertiary/aromatic N) is 3. The van der Waals surface area contributed by atoms with E-state index in [0.717, 1.165) is 5.56 Å². The van der Waals surface area contributed by atoms with Crippen molar-refractivity contribution in [3.63, 3.8) is 0 Å². The largest absolute Gasteiger partial charge is 0.462 e. The number of carbonyl (C=O) groups excluding carboxylic acids is 1. The second kappa shape index (κ2) is 7.18. The van der Waals surface area contributed by atoms with Crippen LogP contribution in [0, 0.1) is 6.92 Å². The van der Waals surface area contributed by atoms with Crippen LogP contribution in [0.5, 0.6) is 0 Å². The number of hydrogen-bond donors (Lipinski definition) is 1. The molecule has 0 saturated carbocycles. The minimum atomic E-state index is -0.401. The van der Waals surface area contributed by atoms with E-state index in [0.29, 0.717) is 33.8 Å². The Morgan fingerprint density at radius 2 is 2.04 bits per heavy atom. The van der Waals surface area contributed by atoms with Gasteiger partial charge in [-0.15, -0.1) is 0 Å². The highest BCUT2D eigenvalue weighted by Crippen LogP contribution is 2.32. The van der Waals surface area contributed by atoms with Crippen molar-refractivity contribution < 1.29 is 9.53 Å². The quantitative estimate of drug-likeness (QED) is 0.711. The van der Waals surface area contributed by atoms with Gasteiger partial charge < -0.3 is 10.1 Å². The Bertz CT molecular complexity index is 849. The molecule has 0 unspecified atom stereocenters. The van der Waals surface area contributed by atoms with Crippen LogP contribution in [0.1, 0.15) is 22.2 Å². The first-order valence-corrected chi connectivity index (χ1v) is 8.28. The number of aryl methyl sites for hydroxylation is 1. The smallest absolute Gasteiger partial charge is 0.350 e. The lowest BCUT2D eigenvalue weighted by molar-refractivity contribution is 0.0532. The van der Waals surface area contributed by atoms with Gasteiger partial charge in [-0.25, -0.2) is 14.8 Å². The van der Waals surface area contributed by atoms with E-state index in [2.05, 4.69) is 20.3 Å². The monoisotopic (exact) mass is 340 g/mol. The van der Waals surface area contributed by atoms with Crippen LogP contribution in [-0.2, 0) is 4.74 Å². The van der Waals surface area contributed by atoms with E-state index < -0.39 is 5.97 Å². The van der Waals surface area contributed by atoms with Gasteiger partial charge in [-0.05, 0) is 37.6 Å². The molecule has 0 atom stereocenters. The van der Waals surface area contributed by atoms with Crippen LogP contribution < -0.4 is 5.32 Å². The SMILES string of the molecule is CCOC(=O)c1sc(Nc2ncccc2C)nc1-c1ccccn1. The number of rotatable bonds is 5. The maximum absolute atomic E-state index is 12.2. The molecule has 0 aliphatic rings. The molecule has 0 spiro atoms. The minimum Gasteiger partial charge on any atom is -0.462 e. The van der Waals surface area contributed by atoms with E-state index in [-0.39, 0.29) is 0 Å². The fraction of sp³-hybridized carbons (Fsp3) is 0.176. The third-order valence-electron chi connectivity index (χ3n) is 3.23. The summed E-state index contributed by atoms with van der Waals surface area (Å²) in [7, 11) is 0. The number of hydrogen-bond acceptors (Lipinski definition) is 7. The summed E-state index contributed by atoms with van der Waals surface area (Å²) < 4.78 is 5.14. The lowest BCUT2D eigenvalue weighted by atomic mass is 10.2. The van der Waals surface area contributed by atoms with Gasteiger partial charge in [0.1, 0.15) is 16.4 Å². The lowest BCUT2D eigenvalue weighted by Crippen LogP contribution is -2.04. The first kappa shape index (κ1) is 16.1. The van der Waals surface area contributed by atoms with Gasteiger partial charge in [-0.1, -0.05) is 23.5 Å². The van der Waals surface area contributed by atoms with Gasteiger partial charge in [-0.3, -0.25) is 4.98 Å². The molecule has 3 heterocycles. The summed E-state index contributed by atoms with van der Waals surface area (Å²) in [6, 6.07) is 9.30. The normalized spacial score (nSPS) is 10.4. The third-order valence-corrected chi connectivity index (χ3v) is 4.18. The Hall–Kier alpha value is -2.80. The summed E-state index contributed by atoms with van der Waals surface area (Å²) in [4.78, 5) is 25.8. The molecule has 0 bridgehead atoms. The average Bonchev–Trinajstić information content (AvgIpc) is 3.02. The fourth-order valence-electron chi connectivity index (χ4n) is 2.10. The highest BCUT2D eigenvalue weighted by molar-refractivity contribution is 7.18. The number of nitrogens with one attached hydrogen (secondary N) is 1. The maximum atomic E-state index is 12.2. The number of ether oxygens (including phenoxy) is 1. The Morgan fingerprint density at radius 1 is 1.21 bits per heavy atom. The summed E-state index contributed by atoms with van der Waals surface area (Å²) in [5, 5.41) is 3.73. The topological polar surface area (TPSA) is 77.0 Å². The lowest BCUT2D eigenvalue weighted by Gasteiger charge is -2.03. The predicted octanol–water partition coefficient (Wildman–Crippen LogP) is 3.83. The van der Waals surface area contributed by atoms with Crippen molar-refractivity contribution in [2.24, 2.45) is 0 Å². The molecule has 0 fully saturated rings. The van der Waals surface area contributed by atoms with E-state index in [9.17, 15) is 4.79 Å². The molecule has 0 aliphatic carbocycles. The van der Waals surface area contributed by atoms with Gasteiger partial charge in [0.2, 0.25) is 0 Å². The van der Waals surface area contributed by atoms with Crippen molar-refractivity contribution in [1.29, 1.82) is 0 Å². The molecular formula is C17H16N4O2S. The zero-order valence-corrected chi connectivity index (χ0v) is 14.1. The summed E-state index contributed by atoms with van der Waals surface area (Å²) in [6.07, 6.45) is 3.37. The zero-order valence-electron chi connectivity index (χ0n) is 13.3. The zero-order chi connectivity index (χ0) is 16.9. The Balaban J connectivity index is 2.00.